The average molecular weight is 383 g/mol. The summed E-state index contributed by atoms with van der Waals surface area (Å²) in [6.45, 7) is 3.27. The van der Waals surface area contributed by atoms with Crippen molar-refractivity contribution in [3.05, 3.63) is 28.8 Å². The summed E-state index contributed by atoms with van der Waals surface area (Å²) in [5, 5.41) is 9.47. The molecule has 26 heavy (non-hydrogen) atoms. The molecule has 142 valence electrons. The molecular weight excluding hydrogens is 360 g/mol. The Morgan fingerprint density at radius 2 is 1.92 bits per heavy atom. The number of esters is 1. The number of rotatable bonds is 5. The molecule has 3 rings (SSSR count). The molecule has 2 aliphatic rings. The SMILES string of the molecule is COC(=O)c1ccc(Cl)c(OCC2CC(N3CCN(C(=O)O)CC3)C2)c1. The Morgan fingerprint density at radius 1 is 1.23 bits per heavy atom. The van der Waals surface area contributed by atoms with E-state index in [-0.39, 0.29) is 0 Å². The summed E-state index contributed by atoms with van der Waals surface area (Å²) in [6.07, 6.45) is 1.22. The maximum absolute atomic E-state index is 11.6. The van der Waals surface area contributed by atoms with Gasteiger partial charge in [-0.2, -0.15) is 0 Å². The van der Waals surface area contributed by atoms with Crippen LogP contribution in [-0.4, -0.2) is 72.9 Å². The van der Waals surface area contributed by atoms with Gasteiger partial charge in [-0.1, -0.05) is 11.6 Å². The number of piperazine rings is 1. The van der Waals surface area contributed by atoms with Crippen molar-refractivity contribution in [2.45, 2.75) is 18.9 Å². The molecule has 2 fully saturated rings. The zero-order valence-electron chi connectivity index (χ0n) is 14.7. The van der Waals surface area contributed by atoms with Gasteiger partial charge >= 0.3 is 12.1 Å². The molecule has 1 aliphatic carbocycles. The molecule has 8 heteroatoms. The summed E-state index contributed by atoms with van der Waals surface area (Å²) in [5.74, 6) is 0.513. The Balaban J connectivity index is 1.44. The van der Waals surface area contributed by atoms with Crippen LogP contribution in [0.2, 0.25) is 5.02 Å². The summed E-state index contributed by atoms with van der Waals surface area (Å²) in [6, 6.07) is 5.35. The largest absolute Gasteiger partial charge is 0.492 e. The predicted octanol–water partition coefficient (Wildman–Crippen LogP) is 2.58. The van der Waals surface area contributed by atoms with Gasteiger partial charge in [-0.15, -0.1) is 0 Å². The Hall–Kier alpha value is -1.99. The lowest BCUT2D eigenvalue weighted by Gasteiger charge is -2.45. The predicted molar refractivity (Wildman–Crippen MR) is 96.0 cm³/mol. The second-order valence-corrected chi connectivity index (χ2v) is 7.15. The number of hydrogen-bond donors (Lipinski definition) is 1. The first-order chi connectivity index (χ1) is 12.5. The van der Waals surface area contributed by atoms with Gasteiger partial charge in [0.05, 0.1) is 24.3 Å². The maximum Gasteiger partial charge on any atom is 0.407 e. The van der Waals surface area contributed by atoms with Crippen LogP contribution in [0.25, 0.3) is 0 Å². The molecule has 0 aromatic heterocycles. The first-order valence-corrected chi connectivity index (χ1v) is 9.08. The van der Waals surface area contributed by atoms with Crippen LogP contribution in [0.4, 0.5) is 4.79 Å². The van der Waals surface area contributed by atoms with Crippen molar-refractivity contribution >= 4 is 23.7 Å². The van der Waals surface area contributed by atoms with Gasteiger partial charge in [-0.3, -0.25) is 4.90 Å². The third-order valence-corrected chi connectivity index (χ3v) is 5.45. The molecule has 1 saturated heterocycles. The highest BCUT2D eigenvalue weighted by Crippen LogP contribution is 2.34. The molecular formula is C18H23ClN2O5. The van der Waals surface area contributed by atoms with E-state index in [0.717, 1.165) is 25.9 Å². The highest BCUT2D eigenvalue weighted by Gasteiger charge is 2.36. The van der Waals surface area contributed by atoms with Crippen molar-refractivity contribution in [2.24, 2.45) is 5.92 Å². The van der Waals surface area contributed by atoms with E-state index in [2.05, 4.69) is 4.90 Å². The number of benzene rings is 1. The fourth-order valence-corrected chi connectivity index (χ4v) is 3.65. The van der Waals surface area contributed by atoms with E-state index in [9.17, 15) is 9.59 Å². The number of carbonyl (C=O) groups is 2. The fraction of sp³-hybridized carbons (Fsp3) is 0.556. The molecule has 1 amide bonds. The van der Waals surface area contributed by atoms with Crippen LogP contribution in [0.3, 0.4) is 0 Å². The summed E-state index contributed by atoms with van der Waals surface area (Å²) < 4.78 is 10.5. The van der Waals surface area contributed by atoms with Crippen molar-refractivity contribution < 1.29 is 24.2 Å². The quantitative estimate of drug-likeness (QED) is 0.788. The highest BCUT2D eigenvalue weighted by atomic mass is 35.5. The minimum absolute atomic E-state index is 0.412. The van der Waals surface area contributed by atoms with Crippen LogP contribution in [-0.2, 0) is 4.74 Å². The van der Waals surface area contributed by atoms with Gasteiger partial charge in [-0.05, 0) is 37.0 Å². The summed E-state index contributed by atoms with van der Waals surface area (Å²) in [5.41, 5.74) is 0.412. The summed E-state index contributed by atoms with van der Waals surface area (Å²) >= 11 is 6.14. The van der Waals surface area contributed by atoms with Crippen LogP contribution in [0.5, 0.6) is 5.75 Å². The van der Waals surface area contributed by atoms with Crippen molar-refractivity contribution in [3.8, 4) is 5.75 Å². The molecule has 1 aromatic carbocycles. The lowest BCUT2D eigenvalue weighted by atomic mass is 9.79. The number of methoxy groups -OCH3 is 1. The minimum Gasteiger partial charge on any atom is -0.492 e. The molecule has 0 radical (unpaired) electrons. The second-order valence-electron chi connectivity index (χ2n) is 6.74. The van der Waals surface area contributed by atoms with E-state index in [1.807, 2.05) is 0 Å². The van der Waals surface area contributed by atoms with Gasteiger partial charge in [0.1, 0.15) is 5.75 Å². The lowest BCUT2D eigenvalue weighted by Crippen LogP contribution is -2.55. The summed E-state index contributed by atoms with van der Waals surface area (Å²) in [7, 11) is 1.34. The average Bonchev–Trinajstić information content (AvgIpc) is 2.61. The maximum atomic E-state index is 11.6. The molecule has 1 aromatic rings. The molecule has 0 atom stereocenters. The first-order valence-electron chi connectivity index (χ1n) is 8.70. The Labute approximate surface area is 157 Å². The summed E-state index contributed by atoms with van der Waals surface area (Å²) in [4.78, 5) is 26.4. The Kier molecular flexibility index (Phi) is 5.88. The van der Waals surface area contributed by atoms with Crippen LogP contribution < -0.4 is 4.74 Å². The van der Waals surface area contributed by atoms with Crippen molar-refractivity contribution in [3.63, 3.8) is 0 Å². The number of halogens is 1. The van der Waals surface area contributed by atoms with Crippen molar-refractivity contribution in [2.75, 3.05) is 39.9 Å². The number of hydrogen-bond acceptors (Lipinski definition) is 5. The number of ether oxygens (including phenoxy) is 2. The van der Waals surface area contributed by atoms with Crippen LogP contribution in [0.1, 0.15) is 23.2 Å². The number of amides is 1. The smallest absolute Gasteiger partial charge is 0.407 e. The van der Waals surface area contributed by atoms with E-state index >= 15 is 0 Å². The Bertz CT molecular complexity index is 670. The zero-order valence-corrected chi connectivity index (χ0v) is 15.4. The molecule has 0 spiro atoms. The molecule has 1 aliphatic heterocycles. The molecule has 0 unspecified atom stereocenters. The van der Waals surface area contributed by atoms with E-state index in [0.29, 0.717) is 48.0 Å². The van der Waals surface area contributed by atoms with E-state index in [1.165, 1.54) is 12.0 Å². The standard InChI is InChI=1S/C18H23ClN2O5/c1-25-17(22)13-2-3-15(19)16(10-13)26-11-12-8-14(9-12)20-4-6-21(7-5-20)18(23)24/h2-3,10,12,14H,4-9,11H2,1H3,(H,23,24). The number of carboxylic acid groups (broad SMARTS) is 1. The molecule has 1 heterocycles. The van der Waals surface area contributed by atoms with Crippen LogP contribution in [0, 0.1) is 5.92 Å². The Morgan fingerprint density at radius 3 is 2.54 bits per heavy atom. The van der Waals surface area contributed by atoms with Gasteiger partial charge in [0.25, 0.3) is 0 Å². The monoisotopic (exact) mass is 382 g/mol. The normalized spacial score (nSPS) is 23.2. The van der Waals surface area contributed by atoms with Gasteiger partial charge in [0.15, 0.2) is 0 Å². The third kappa shape index (κ3) is 4.22. The van der Waals surface area contributed by atoms with E-state index < -0.39 is 12.1 Å². The number of carbonyl (C=O) groups excluding carboxylic acids is 1. The zero-order chi connectivity index (χ0) is 18.7. The van der Waals surface area contributed by atoms with E-state index in [1.54, 1.807) is 18.2 Å². The lowest BCUT2D eigenvalue weighted by molar-refractivity contribution is 0.0203. The molecule has 7 nitrogen and oxygen atoms in total. The van der Waals surface area contributed by atoms with Crippen molar-refractivity contribution in [1.82, 2.24) is 9.80 Å². The number of nitrogens with zero attached hydrogens (tertiary/aromatic N) is 2. The molecule has 0 bridgehead atoms. The van der Waals surface area contributed by atoms with Crippen molar-refractivity contribution in [1.29, 1.82) is 0 Å². The third-order valence-electron chi connectivity index (χ3n) is 5.14. The van der Waals surface area contributed by atoms with Crippen LogP contribution in [0.15, 0.2) is 18.2 Å². The first kappa shape index (κ1) is 18.8. The minimum atomic E-state index is -0.837. The van der Waals surface area contributed by atoms with Crippen LogP contribution >= 0.6 is 11.6 Å². The van der Waals surface area contributed by atoms with Gasteiger partial charge in [-0.25, -0.2) is 9.59 Å². The molecule has 1 saturated carbocycles. The molecule has 1 N–H and O–H groups in total. The van der Waals surface area contributed by atoms with Gasteiger partial charge < -0.3 is 19.5 Å². The second kappa shape index (κ2) is 8.14. The van der Waals surface area contributed by atoms with Gasteiger partial charge in [0.2, 0.25) is 0 Å². The highest BCUT2D eigenvalue weighted by molar-refractivity contribution is 6.32. The van der Waals surface area contributed by atoms with Gasteiger partial charge in [0, 0.05) is 32.2 Å². The fourth-order valence-electron chi connectivity index (χ4n) is 3.48. The topological polar surface area (TPSA) is 79.3 Å². The van der Waals surface area contributed by atoms with E-state index in [4.69, 9.17) is 26.2 Å².